The highest BCUT2D eigenvalue weighted by Crippen LogP contribution is 2.33. The molecule has 1 N–H and O–H groups in total. The van der Waals surface area contributed by atoms with Gasteiger partial charge in [-0.3, -0.25) is 24.2 Å². The average molecular weight is 734 g/mol. The summed E-state index contributed by atoms with van der Waals surface area (Å²) >= 11 is 1.81. The third kappa shape index (κ3) is 12.8. The van der Waals surface area contributed by atoms with Crippen molar-refractivity contribution in [2.45, 2.75) is 116 Å². The van der Waals surface area contributed by atoms with Gasteiger partial charge in [-0.05, 0) is 73.9 Å². The fourth-order valence-corrected chi connectivity index (χ4v) is 8.17. The van der Waals surface area contributed by atoms with Crippen LogP contribution in [0.15, 0.2) is 47.8 Å². The number of carboxylic acids is 1. The van der Waals surface area contributed by atoms with Gasteiger partial charge in [0.25, 0.3) is 0 Å². The molecule has 2 aliphatic heterocycles. The standard InChI is InChI=1S/C42H59N3O6S/c46-40-23-21-34-20-22-35(50-30-14-13-25-43-26-28-44(29-27-43)37-16-15-17-39-36(37)24-31-52-39)32-38(34)45(40)33-51-42(49)19-12-10-8-6-4-2-1-3-5-7-9-11-18-41(47)48/h15-17,20,22,24,31-32H,1-14,18-19,21,23,25-30,33H2,(H,47,48). The summed E-state index contributed by atoms with van der Waals surface area (Å²) < 4.78 is 13.1. The molecule has 0 aliphatic carbocycles. The molecule has 1 fully saturated rings. The van der Waals surface area contributed by atoms with Crippen molar-refractivity contribution in [2.75, 3.05) is 55.9 Å². The van der Waals surface area contributed by atoms with E-state index in [1.165, 1.54) is 54.3 Å². The first kappa shape index (κ1) is 39.6. The first-order valence-corrected chi connectivity index (χ1v) is 20.7. The number of carboxylic acid groups (broad SMARTS) is 1. The Morgan fingerprint density at radius 2 is 1.42 bits per heavy atom. The van der Waals surface area contributed by atoms with Gasteiger partial charge in [0.05, 0.1) is 12.3 Å². The number of rotatable bonds is 24. The van der Waals surface area contributed by atoms with Crippen LogP contribution < -0.4 is 14.5 Å². The number of aryl methyl sites for hydroxylation is 1. The second-order valence-corrected chi connectivity index (χ2v) is 15.3. The zero-order valence-corrected chi connectivity index (χ0v) is 31.9. The number of ether oxygens (including phenoxy) is 2. The number of benzene rings is 2. The number of esters is 1. The molecule has 2 aliphatic rings. The number of amides is 1. The number of piperazine rings is 1. The normalized spacial score (nSPS) is 14.9. The molecule has 1 saturated heterocycles. The number of unbranched alkanes of at least 4 members (excludes halogenated alkanes) is 12. The van der Waals surface area contributed by atoms with Crippen LogP contribution >= 0.6 is 11.3 Å². The van der Waals surface area contributed by atoms with E-state index >= 15 is 0 Å². The Morgan fingerprint density at radius 1 is 0.731 bits per heavy atom. The van der Waals surface area contributed by atoms with Crippen LogP contribution in [0.1, 0.15) is 115 Å². The van der Waals surface area contributed by atoms with Crippen LogP contribution in [0, 0.1) is 0 Å². The highest BCUT2D eigenvalue weighted by Gasteiger charge is 2.26. The summed E-state index contributed by atoms with van der Waals surface area (Å²) in [6.45, 7) is 5.89. The minimum atomic E-state index is -0.696. The smallest absolute Gasteiger partial charge is 0.307 e. The number of anilines is 2. The minimum absolute atomic E-state index is 0.0252. The molecule has 0 spiro atoms. The maximum absolute atomic E-state index is 12.9. The predicted octanol–water partition coefficient (Wildman–Crippen LogP) is 9.21. The first-order valence-electron chi connectivity index (χ1n) is 19.8. The van der Waals surface area contributed by atoms with Crippen molar-refractivity contribution < 1.29 is 29.0 Å². The molecule has 9 nitrogen and oxygen atoms in total. The number of fused-ring (bicyclic) bond motifs is 2. The fraction of sp³-hybridized carbons (Fsp3) is 0.595. The molecule has 0 radical (unpaired) electrons. The van der Waals surface area contributed by atoms with Gasteiger partial charge in [0.2, 0.25) is 5.91 Å². The van der Waals surface area contributed by atoms with E-state index < -0.39 is 5.97 Å². The number of thiophene rings is 1. The summed E-state index contributed by atoms with van der Waals surface area (Å²) in [4.78, 5) is 42.6. The third-order valence-electron chi connectivity index (χ3n) is 10.5. The fourth-order valence-electron chi connectivity index (χ4n) is 7.36. The Balaban J connectivity index is 0.909. The molecule has 2 aromatic carbocycles. The van der Waals surface area contributed by atoms with Crippen molar-refractivity contribution >= 4 is 50.6 Å². The van der Waals surface area contributed by atoms with Gasteiger partial charge in [-0.1, -0.05) is 76.3 Å². The lowest BCUT2D eigenvalue weighted by Crippen LogP contribution is -2.46. The van der Waals surface area contributed by atoms with Gasteiger partial charge in [-0.15, -0.1) is 11.3 Å². The van der Waals surface area contributed by atoms with Gasteiger partial charge in [-0.25, -0.2) is 0 Å². The third-order valence-corrected chi connectivity index (χ3v) is 11.3. The first-order chi connectivity index (χ1) is 25.5. The second kappa shape index (κ2) is 21.8. The van der Waals surface area contributed by atoms with Crippen LogP contribution in [0.25, 0.3) is 10.1 Å². The van der Waals surface area contributed by atoms with E-state index in [1.54, 1.807) is 16.2 Å². The second-order valence-electron chi connectivity index (χ2n) is 14.4. The molecule has 284 valence electrons. The number of carbonyl (C=O) groups is 3. The van der Waals surface area contributed by atoms with Gasteiger partial charge in [-0.2, -0.15) is 0 Å². The van der Waals surface area contributed by atoms with Crippen LogP contribution in [0.3, 0.4) is 0 Å². The molecular weight excluding hydrogens is 675 g/mol. The van der Waals surface area contributed by atoms with Gasteiger partial charge < -0.3 is 19.5 Å². The highest BCUT2D eigenvalue weighted by atomic mass is 32.1. The average Bonchev–Trinajstić information content (AvgIpc) is 3.64. The summed E-state index contributed by atoms with van der Waals surface area (Å²) in [5, 5.41) is 12.2. The minimum Gasteiger partial charge on any atom is -0.494 e. The zero-order valence-electron chi connectivity index (χ0n) is 31.0. The molecular formula is C42H59N3O6S. The van der Waals surface area contributed by atoms with E-state index in [9.17, 15) is 14.4 Å². The Morgan fingerprint density at radius 3 is 2.13 bits per heavy atom. The molecule has 1 amide bonds. The molecule has 0 atom stereocenters. The van der Waals surface area contributed by atoms with Crippen LogP contribution in [0.4, 0.5) is 11.4 Å². The SMILES string of the molecule is O=C(O)CCCCCCCCCCCCCCC(=O)OCN1C(=O)CCc2ccc(OCCCCN3CCN(c4cccc5sccc45)CC3)cc21. The van der Waals surface area contributed by atoms with Crippen molar-refractivity contribution in [3.63, 3.8) is 0 Å². The Kier molecular flexibility index (Phi) is 16.6. The highest BCUT2D eigenvalue weighted by molar-refractivity contribution is 7.17. The van der Waals surface area contributed by atoms with Crippen LogP contribution in [-0.4, -0.2) is 73.9 Å². The molecule has 0 bridgehead atoms. The summed E-state index contributed by atoms with van der Waals surface area (Å²) in [5.41, 5.74) is 3.22. The van der Waals surface area contributed by atoms with Crippen molar-refractivity contribution in [3.8, 4) is 5.75 Å². The van der Waals surface area contributed by atoms with Gasteiger partial charge in [0.1, 0.15) is 5.75 Å². The van der Waals surface area contributed by atoms with Gasteiger partial charge in [0, 0.05) is 67.3 Å². The number of aliphatic carboxylic acids is 1. The topological polar surface area (TPSA) is 99.6 Å². The monoisotopic (exact) mass is 733 g/mol. The van der Waals surface area contributed by atoms with Gasteiger partial charge in [0.15, 0.2) is 6.73 Å². The van der Waals surface area contributed by atoms with Crippen LogP contribution in [0.5, 0.6) is 5.75 Å². The predicted molar refractivity (Wildman–Crippen MR) is 211 cm³/mol. The Labute approximate surface area is 314 Å². The van der Waals surface area contributed by atoms with E-state index in [1.807, 2.05) is 18.2 Å². The van der Waals surface area contributed by atoms with Crippen molar-refractivity contribution in [1.29, 1.82) is 0 Å². The molecule has 5 rings (SSSR count). The summed E-state index contributed by atoms with van der Waals surface area (Å²) in [7, 11) is 0. The number of nitrogens with zero attached hydrogens (tertiary/aromatic N) is 3. The van der Waals surface area contributed by atoms with Crippen molar-refractivity contribution in [2.24, 2.45) is 0 Å². The van der Waals surface area contributed by atoms with Crippen LogP contribution in [-0.2, 0) is 25.5 Å². The molecule has 0 saturated carbocycles. The molecule has 0 unspecified atom stereocenters. The van der Waals surface area contributed by atoms with Crippen molar-refractivity contribution in [1.82, 2.24) is 4.90 Å². The summed E-state index contributed by atoms with van der Waals surface area (Å²) in [6.07, 6.45) is 17.0. The van der Waals surface area contributed by atoms with Crippen LogP contribution in [0.2, 0.25) is 0 Å². The van der Waals surface area contributed by atoms with Crippen molar-refractivity contribution in [3.05, 3.63) is 53.4 Å². The lowest BCUT2D eigenvalue weighted by atomic mass is 10.0. The maximum Gasteiger partial charge on any atom is 0.307 e. The zero-order chi connectivity index (χ0) is 36.4. The Bertz CT molecular complexity index is 1550. The molecule has 1 aromatic heterocycles. The number of carbonyl (C=O) groups excluding carboxylic acids is 2. The molecule has 10 heteroatoms. The van der Waals surface area contributed by atoms with E-state index in [0.717, 1.165) is 101 Å². The maximum atomic E-state index is 12.9. The number of hydrogen-bond donors (Lipinski definition) is 1. The summed E-state index contributed by atoms with van der Waals surface area (Å²) in [5.74, 6) is -0.230. The van der Waals surface area contributed by atoms with E-state index in [-0.39, 0.29) is 25.0 Å². The molecule has 3 aromatic rings. The quantitative estimate of drug-likeness (QED) is 0.0719. The van der Waals surface area contributed by atoms with E-state index in [2.05, 4.69) is 39.4 Å². The number of hydrogen-bond acceptors (Lipinski definition) is 8. The van der Waals surface area contributed by atoms with E-state index in [0.29, 0.717) is 25.9 Å². The molecule has 3 heterocycles. The largest absolute Gasteiger partial charge is 0.494 e. The van der Waals surface area contributed by atoms with E-state index in [4.69, 9.17) is 14.6 Å². The lowest BCUT2D eigenvalue weighted by Gasteiger charge is -2.36. The van der Waals surface area contributed by atoms with Gasteiger partial charge >= 0.3 is 11.9 Å². The lowest BCUT2D eigenvalue weighted by molar-refractivity contribution is -0.144. The summed E-state index contributed by atoms with van der Waals surface area (Å²) in [6, 6.07) is 14.8. The Hall–Kier alpha value is -3.63. The molecule has 52 heavy (non-hydrogen) atoms.